The molecule has 0 saturated heterocycles. The number of aryl methyl sites for hydroxylation is 1. The number of aromatic nitrogens is 3. The summed E-state index contributed by atoms with van der Waals surface area (Å²) in [6.45, 7) is 3.01. The molecule has 0 spiro atoms. The Balaban J connectivity index is 1.52. The van der Waals surface area contributed by atoms with Gasteiger partial charge in [0.25, 0.3) is 0 Å². The number of rotatable bonds is 7. The number of carboxylic acid groups (broad SMARTS) is 1. The van der Waals surface area contributed by atoms with E-state index >= 15 is 0 Å². The van der Waals surface area contributed by atoms with Gasteiger partial charge in [-0.1, -0.05) is 47.0 Å². The van der Waals surface area contributed by atoms with Crippen molar-refractivity contribution < 1.29 is 14.6 Å². The van der Waals surface area contributed by atoms with Crippen molar-refractivity contribution >= 4 is 32.9 Å². The van der Waals surface area contributed by atoms with Crippen molar-refractivity contribution in [3.63, 3.8) is 0 Å². The van der Waals surface area contributed by atoms with E-state index in [9.17, 15) is 9.90 Å². The summed E-state index contributed by atoms with van der Waals surface area (Å²) in [6, 6.07) is 18.1. The molecule has 0 unspecified atom stereocenters. The molecule has 6 nitrogen and oxygen atoms in total. The Morgan fingerprint density at radius 1 is 1.11 bits per heavy atom. The highest BCUT2D eigenvalue weighted by Gasteiger charge is 2.35. The van der Waals surface area contributed by atoms with Gasteiger partial charge in [-0.3, -0.25) is 9.78 Å². The number of benzene rings is 2. The van der Waals surface area contributed by atoms with Gasteiger partial charge < -0.3 is 14.4 Å². The number of nitrogens with zero attached hydrogens (tertiary/aromatic N) is 3. The molecule has 2 atom stereocenters. The summed E-state index contributed by atoms with van der Waals surface area (Å²) in [6.07, 6.45) is 5.34. The Labute approximate surface area is 213 Å². The van der Waals surface area contributed by atoms with Crippen LogP contribution >= 0.6 is 15.9 Å². The van der Waals surface area contributed by atoms with Crippen LogP contribution in [0, 0.1) is 12.8 Å². The predicted octanol–water partition coefficient (Wildman–Crippen LogP) is 6.49. The Bertz CT molecular complexity index is 1330. The third-order valence-corrected chi connectivity index (χ3v) is 7.31. The Hall–Kier alpha value is -3.19. The van der Waals surface area contributed by atoms with Crippen molar-refractivity contribution in [3.8, 4) is 5.75 Å². The highest BCUT2D eigenvalue weighted by molar-refractivity contribution is 9.10. The number of pyridine rings is 1. The standard InChI is InChI=1S/C28H28BrN3O3/c1-18-6-11-21(30-15-18)17-35-22-12-13-25-26(14-22)32(16-19-7-9-20(29)10-8-19)27(31-25)23-4-2-3-5-24(23)28(33)34/h6-15,23-24H,2-5,16-17H2,1H3,(H,33,34)/t23-,24-/m0/s1. The maximum absolute atomic E-state index is 12.1. The van der Waals surface area contributed by atoms with E-state index in [4.69, 9.17) is 9.72 Å². The second-order valence-electron chi connectivity index (χ2n) is 9.28. The molecule has 0 aliphatic heterocycles. The summed E-state index contributed by atoms with van der Waals surface area (Å²) in [5.74, 6) is 0.346. The van der Waals surface area contributed by atoms with Gasteiger partial charge >= 0.3 is 5.97 Å². The summed E-state index contributed by atoms with van der Waals surface area (Å²) < 4.78 is 9.28. The number of imidazole rings is 1. The molecule has 5 rings (SSSR count). The Morgan fingerprint density at radius 2 is 1.91 bits per heavy atom. The van der Waals surface area contributed by atoms with Gasteiger partial charge in [-0.05, 0) is 61.2 Å². The van der Waals surface area contributed by atoms with Crippen molar-refractivity contribution in [3.05, 3.63) is 87.9 Å². The first-order valence-corrected chi connectivity index (χ1v) is 12.8. The van der Waals surface area contributed by atoms with Crippen LogP contribution in [0.15, 0.2) is 65.3 Å². The molecule has 1 saturated carbocycles. The molecule has 2 aromatic heterocycles. The zero-order valence-electron chi connectivity index (χ0n) is 19.7. The van der Waals surface area contributed by atoms with Crippen LogP contribution < -0.4 is 4.74 Å². The highest BCUT2D eigenvalue weighted by atomic mass is 79.9. The summed E-state index contributed by atoms with van der Waals surface area (Å²) >= 11 is 3.51. The van der Waals surface area contributed by atoms with Crippen LogP contribution in [0.1, 0.15) is 54.2 Å². The van der Waals surface area contributed by atoms with E-state index in [0.29, 0.717) is 19.6 Å². The van der Waals surface area contributed by atoms with Gasteiger partial charge in [0.1, 0.15) is 18.2 Å². The number of hydrogen-bond acceptors (Lipinski definition) is 4. The van der Waals surface area contributed by atoms with E-state index < -0.39 is 11.9 Å². The van der Waals surface area contributed by atoms with Crippen molar-refractivity contribution in [2.24, 2.45) is 5.92 Å². The van der Waals surface area contributed by atoms with E-state index in [2.05, 4.69) is 37.6 Å². The van der Waals surface area contributed by atoms with Crippen molar-refractivity contribution in [1.29, 1.82) is 0 Å². The normalized spacial score (nSPS) is 18.0. The number of hydrogen-bond donors (Lipinski definition) is 1. The number of carboxylic acids is 1. The van der Waals surface area contributed by atoms with E-state index in [0.717, 1.165) is 63.2 Å². The fraction of sp³-hybridized carbons (Fsp3) is 0.321. The van der Waals surface area contributed by atoms with Crippen LogP contribution in [-0.2, 0) is 17.9 Å². The fourth-order valence-electron chi connectivity index (χ4n) is 4.91. The fourth-order valence-corrected chi connectivity index (χ4v) is 5.17. The average molecular weight is 534 g/mol. The Kier molecular flexibility index (Phi) is 6.86. The topological polar surface area (TPSA) is 77.2 Å². The van der Waals surface area contributed by atoms with Crippen LogP contribution in [0.2, 0.25) is 0 Å². The first-order valence-electron chi connectivity index (χ1n) is 12.0. The molecule has 4 aromatic rings. The largest absolute Gasteiger partial charge is 0.487 e. The van der Waals surface area contributed by atoms with Crippen LogP contribution in [0.5, 0.6) is 5.75 Å². The lowest BCUT2D eigenvalue weighted by atomic mass is 9.78. The lowest BCUT2D eigenvalue weighted by molar-refractivity contribution is -0.143. The lowest BCUT2D eigenvalue weighted by Gasteiger charge is -2.28. The zero-order chi connectivity index (χ0) is 24.4. The highest BCUT2D eigenvalue weighted by Crippen LogP contribution is 2.39. The maximum Gasteiger partial charge on any atom is 0.307 e. The third-order valence-electron chi connectivity index (χ3n) is 6.78. The molecule has 2 aromatic carbocycles. The quantitative estimate of drug-likeness (QED) is 0.293. The molecule has 1 aliphatic rings. The van der Waals surface area contributed by atoms with E-state index in [1.807, 2.05) is 55.6 Å². The number of ether oxygens (including phenoxy) is 1. The number of fused-ring (bicyclic) bond motifs is 1. The van der Waals surface area contributed by atoms with E-state index in [1.54, 1.807) is 0 Å². The van der Waals surface area contributed by atoms with Gasteiger partial charge in [-0.15, -0.1) is 0 Å². The Morgan fingerprint density at radius 3 is 2.66 bits per heavy atom. The van der Waals surface area contributed by atoms with Crippen LogP contribution in [0.25, 0.3) is 11.0 Å². The minimum Gasteiger partial charge on any atom is -0.487 e. The van der Waals surface area contributed by atoms with E-state index in [-0.39, 0.29) is 5.92 Å². The second kappa shape index (κ2) is 10.2. The monoisotopic (exact) mass is 533 g/mol. The SMILES string of the molecule is Cc1ccc(COc2ccc3nc([C@H]4CCCC[C@@H]4C(=O)O)n(Cc4ccc(Br)cc4)c3c2)nc1. The third kappa shape index (κ3) is 5.25. The minimum absolute atomic E-state index is 0.106. The number of aliphatic carboxylic acids is 1. The molecular formula is C28H28BrN3O3. The number of carbonyl (C=O) groups is 1. The molecular weight excluding hydrogens is 506 g/mol. The lowest BCUT2D eigenvalue weighted by Crippen LogP contribution is -2.27. The second-order valence-corrected chi connectivity index (χ2v) is 10.2. The molecule has 35 heavy (non-hydrogen) atoms. The molecule has 7 heteroatoms. The molecule has 1 N–H and O–H groups in total. The van der Waals surface area contributed by atoms with Crippen molar-refractivity contribution in [1.82, 2.24) is 14.5 Å². The maximum atomic E-state index is 12.1. The molecule has 0 bridgehead atoms. The smallest absolute Gasteiger partial charge is 0.307 e. The zero-order valence-corrected chi connectivity index (χ0v) is 21.2. The molecule has 0 amide bonds. The van der Waals surface area contributed by atoms with Gasteiger partial charge in [-0.25, -0.2) is 4.98 Å². The molecule has 1 fully saturated rings. The molecule has 2 heterocycles. The average Bonchev–Trinajstić information content (AvgIpc) is 3.22. The molecule has 1 aliphatic carbocycles. The van der Waals surface area contributed by atoms with Gasteiger partial charge in [0.15, 0.2) is 0 Å². The summed E-state index contributed by atoms with van der Waals surface area (Å²) in [4.78, 5) is 21.5. The molecule has 180 valence electrons. The molecule has 0 radical (unpaired) electrons. The van der Waals surface area contributed by atoms with Crippen LogP contribution in [-0.4, -0.2) is 25.6 Å². The van der Waals surface area contributed by atoms with Crippen LogP contribution in [0.3, 0.4) is 0 Å². The van der Waals surface area contributed by atoms with Crippen molar-refractivity contribution in [2.45, 2.75) is 51.7 Å². The van der Waals surface area contributed by atoms with Gasteiger partial charge in [0.2, 0.25) is 0 Å². The van der Waals surface area contributed by atoms with E-state index in [1.165, 1.54) is 0 Å². The minimum atomic E-state index is -0.730. The first kappa shape index (κ1) is 23.5. The summed E-state index contributed by atoms with van der Waals surface area (Å²) in [5.41, 5.74) is 4.92. The number of halogens is 1. The van der Waals surface area contributed by atoms with Gasteiger partial charge in [-0.2, -0.15) is 0 Å². The van der Waals surface area contributed by atoms with Crippen LogP contribution in [0.4, 0.5) is 0 Å². The van der Waals surface area contributed by atoms with Crippen molar-refractivity contribution in [2.75, 3.05) is 0 Å². The van der Waals surface area contributed by atoms with Gasteiger partial charge in [0.05, 0.1) is 22.6 Å². The first-order chi connectivity index (χ1) is 17.0. The van der Waals surface area contributed by atoms with Gasteiger partial charge in [0, 0.05) is 29.2 Å². The predicted molar refractivity (Wildman–Crippen MR) is 139 cm³/mol. The summed E-state index contributed by atoms with van der Waals surface area (Å²) in [7, 11) is 0. The summed E-state index contributed by atoms with van der Waals surface area (Å²) in [5, 5.41) is 9.93.